The molecular weight excluding hydrogens is 304 g/mol. The number of hydrogen-bond donors (Lipinski definition) is 2. The van der Waals surface area contributed by atoms with Crippen molar-refractivity contribution in [3.63, 3.8) is 0 Å². The van der Waals surface area contributed by atoms with Gasteiger partial charge in [-0.2, -0.15) is 4.98 Å². The van der Waals surface area contributed by atoms with E-state index in [1.807, 2.05) is 39.0 Å². The number of hydrogen-bond acceptors (Lipinski definition) is 5. The Bertz CT molecular complexity index is 712. The Kier molecular flexibility index (Phi) is 4.66. The molecule has 128 valence electrons. The molecule has 24 heavy (non-hydrogen) atoms. The summed E-state index contributed by atoms with van der Waals surface area (Å²) in [6.45, 7) is 7.72. The van der Waals surface area contributed by atoms with Gasteiger partial charge in [-0.1, -0.05) is 38.1 Å². The van der Waals surface area contributed by atoms with E-state index in [1.165, 1.54) is 0 Å². The van der Waals surface area contributed by atoms with Gasteiger partial charge in [0.25, 0.3) is 11.8 Å². The van der Waals surface area contributed by atoms with E-state index in [2.05, 4.69) is 20.8 Å². The molecule has 0 spiro atoms. The van der Waals surface area contributed by atoms with Crippen LogP contribution in [-0.4, -0.2) is 35.2 Å². The quantitative estimate of drug-likeness (QED) is 0.901. The van der Waals surface area contributed by atoms with Crippen molar-refractivity contribution < 1.29 is 9.32 Å². The average Bonchev–Trinajstić information content (AvgIpc) is 3.23. The van der Waals surface area contributed by atoms with Gasteiger partial charge in [0.15, 0.2) is 5.82 Å². The summed E-state index contributed by atoms with van der Waals surface area (Å²) in [6, 6.07) is 7.69. The topological polar surface area (TPSA) is 80.0 Å². The van der Waals surface area contributed by atoms with E-state index in [-0.39, 0.29) is 11.3 Å². The minimum Gasteiger partial charge on any atom is -0.350 e. The van der Waals surface area contributed by atoms with Crippen LogP contribution in [0, 0.1) is 0 Å². The molecule has 0 bridgehead atoms. The first-order valence-electron chi connectivity index (χ1n) is 8.40. The third-order valence-corrected chi connectivity index (χ3v) is 4.17. The molecule has 1 aromatic heterocycles. The van der Waals surface area contributed by atoms with Crippen molar-refractivity contribution in [3.05, 3.63) is 35.7 Å². The van der Waals surface area contributed by atoms with E-state index >= 15 is 0 Å². The molecule has 1 aromatic carbocycles. The van der Waals surface area contributed by atoms with E-state index in [0.717, 1.165) is 19.4 Å². The Morgan fingerprint density at radius 2 is 2.17 bits per heavy atom. The number of amides is 1. The standard InChI is InChI=1S/C18H24N4O2/c1-18(2,3)17-21-16(24-22-17)14-9-5-4-8-13(14)15(23)20-11-12-7-6-10-19-12/h4-5,8-9,12,19H,6-7,10-11H2,1-3H3,(H,20,23). The van der Waals surface area contributed by atoms with E-state index < -0.39 is 0 Å². The SMILES string of the molecule is CC(C)(C)c1noc(-c2ccccc2C(=O)NCC2CCCN2)n1. The predicted octanol–water partition coefficient (Wildman–Crippen LogP) is 2.52. The molecule has 1 saturated heterocycles. The molecule has 1 amide bonds. The third-order valence-electron chi connectivity index (χ3n) is 4.17. The Labute approximate surface area is 142 Å². The first kappa shape index (κ1) is 16.6. The molecular formula is C18H24N4O2. The summed E-state index contributed by atoms with van der Waals surface area (Å²) < 4.78 is 5.39. The van der Waals surface area contributed by atoms with Crippen LogP contribution in [0.3, 0.4) is 0 Å². The lowest BCUT2D eigenvalue weighted by Crippen LogP contribution is -2.37. The molecule has 2 aromatic rings. The molecule has 1 unspecified atom stereocenters. The van der Waals surface area contributed by atoms with E-state index in [1.54, 1.807) is 6.07 Å². The molecule has 2 N–H and O–H groups in total. The Balaban J connectivity index is 1.79. The normalized spacial score (nSPS) is 17.9. The fraction of sp³-hybridized carbons (Fsp3) is 0.500. The lowest BCUT2D eigenvalue weighted by atomic mass is 9.96. The van der Waals surface area contributed by atoms with Crippen molar-refractivity contribution in [2.75, 3.05) is 13.1 Å². The molecule has 0 radical (unpaired) electrons. The van der Waals surface area contributed by atoms with Crippen LogP contribution in [-0.2, 0) is 5.41 Å². The molecule has 0 aliphatic carbocycles. The fourth-order valence-electron chi connectivity index (χ4n) is 2.75. The van der Waals surface area contributed by atoms with Crippen LogP contribution in [0.1, 0.15) is 49.8 Å². The highest BCUT2D eigenvalue weighted by molar-refractivity contribution is 5.99. The van der Waals surface area contributed by atoms with E-state index in [9.17, 15) is 4.79 Å². The van der Waals surface area contributed by atoms with Gasteiger partial charge in [0, 0.05) is 18.0 Å². The van der Waals surface area contributed by atoms with Crippen molar-refractivity contribution in [1.82, 2.24) is 20.8 Å². The summed E-state index contributed by atoms with van der Waals surface area (Å²) in [5, 5.41) is 10.4. The molecule has 0 saturated carbocycles. The number of nitrogens with one attached hydrogen (secondary N) is 2. The van der Waals surface area contributed by atoms with Crippen molar-refractivity contribution in [2.45, 2.75) is 45.1 Å². The third kappa shape index (κ3) is 3.64. The highest BCUT2D eigenvalue weighted by atomic mass is 16.5. The number of aromatic nitrogens is 2. The zero-order chi connectivity index (χ0) is 17.2. The van der Waals surface area contributed by atoms with Gasteiger partial charge in [-0.15, -0.1) is 0 Å². The van der Waals surface area contributed by atoms with Crippen LogP contribution in [0.5, 0.6) is 0 Å². The first-order chi connectivity index (χ1) is 11.4. The predicted molar refractivity (Wildman–Crippen MR) is 91.8 cm³/mol. The molecule has 1 aliphatic rings. The fourth-order valence-corrected chi connectivity index (χ4v) is 2.75. The maximum atomic E-state index is 12.6. The summed E-state index contributed by atoms with van der Waals surface area (Å²) in [7, 11) is 0. The first-order valence-corrected chi connectivity index (χ1v) is 8.40. The highest BCUT2D eigenvalue weighted by Gasteiger charge is 2.24. The summed E-state index contributed by atoms with van der Waals surface area (Å²) >= 11 is 0. The van der Waals surface area contributed by atoms with Gasteiger partial charge in [0.05, 0.1) is 11.1 Å². The smallest absolute Gasteiger partial charge is 0.258 e. The zero-order valence-corrected chi connectivity index (χ0v) is 14.4. The summed E-state index contributed by atoms with van der Waals surface area (Å²) in [4.78, 5) is 17.0. The van der Waals surface area contributed by atoms with Crippen LogP contribution in [0.2, 0.25) is 0 Å². The largest absolute Gasteiger partial charge is 0.350 e. The number of carbonyl (C=O) groups excluding carboxylic acids is 1. The second-order valence-electron chi connectivity index (χ2n) is 7.22. The Morgan fingerprint density at radius 1 is 1.38 bits per heavy atom. The van der Waals surface area contributed by atoms with Crippen molar-refractivity contribution in [3.8, 4) is 11.5 Å². The second kappa shape index (κ2) is 6.73. The van der Waals surface area contributed by atoms with E-state index in [4.69, 9.17) is 4.52 Å². The van der Waals surface area contributed by atoms with Gasteiger partial charge in [0.2, 0.25) is 0 Å². The number of rotatable bonds is 4. The van der Waals surface area contributed by atoms with Gasteiger partial charge < -0.3 is 15.2 Å². The van der Waals surface area contributed by atoms with Crippen LogP contribution in [0.25, 0.3) is 11.5 Å². The van der Waals surface area contributed by atoms with Gasteiger partial charge in [-0.05, 0) is 31.5 Å². The van der Waals surface area contributed by atoms with Crippen molar-refractivity contribution in [1.29, 1.82) is 0 Å². The van der Waals surface area contributed by atoms with Crippen molar-refractivity contribution in [2.24, 2.45) is 0 Å². The lowest BCUT2D eigenvalue weighted by Gasteiger charge is -2.12. The van der Waals surface area contributed by atoms with Gasteiger partial charge in [-0.25, -0.2) is 0 Å². The summed E-state index contributed by atoms with van der Waals surface area (Å²) in [5.41, 5.74) is 1.02. The maximum absolute atomic E-state index is 12.6. The van der Waals surface area contributed by atoms with Gasteiger partial charge >= 0.3 is 0 Å². The minimum absolute atomic E-state index is 0.116. The molecule has 2 heterocycles. The number of carbonyl (C=O) groups is 1. The van der Waals surface area contributed by atoms with Crippen molar-refractivity contribution >= 4 is 5.91 Å². The minimum atomic E-state index is -0.201. The van der Waals surface area contributed by atoms with Gasteiger partial charge in [-0.3, -0.25) is 4.79 Å². The Hall–Kier alpha value is -2.21. The average molecular weight is 328 g/mol. The van der Waals surface area contributed by atoms with Crippen LogP contribution in [0.15, 0.2) is 28.8 Å². The molecule has 6 heteroatoms. The Morgan fingerprint density at radius 3 is 2.83 bits per heavy atom. The number of benzene rings is 1. The summed E-state index contributed by atoms with van der Waals surface area (Å²) in [5.74, 6) is 0.891. The molecule has 1 aliphatic heterocycles. The zero-order valence-electron chi connectivity index (χ0n) is 14.4. The molecule has 1 atom stereocenters. The van der Waals surface area contributed by atoms with Gasteiger partial charge in [0.1, 0.15) is 0 Å². The lowest BCUT2D eigenvalue weighted by molar-refractivity contribution is 0.0950. The maximum Gasteiger partial charge on any atom is 0.258 e. The molecule has 6 nitrogen and oxygen atoms in total. The monoisotopic (exact) mass is 328 g/mol. The van der Waals surface area contributed by atoms with E-state index in [0.29, 0.717) is 35.4 Å². The number of nitrogens with zero attached hydrogens (tertiary/aromatic N) is 2. The van der Waals surface area contributed by atoms with Crippen LogP contribution < -0.4 is 10.6 Å². The highest BCUT2D eigenvalue weighted by Crippen LogP contribution is 2.26. The second-order valence-corrected chi connectivity index (χ2v) is 7.22. The van der Waals surface area contributed by atoms with Crippen LogP contribution >= 0.6 is 0 Å². The van der Waals surface area contributed by atoms with Crippen LogP contribution in [0.4, 0.5) is 0 Å². The molecule has 1 fully saturated rings. The summed E-state index contributed by atoms with van der Waals surface area (Å²) in [6.07, 6.45) is 2.26. The molecule has 3 rings (SSSR count).